The molecule has 3 aromatic rings. The lowest BCUT2D eigenvalue weighted by Gasteiger charge is -2.37. The highest BCUT2D eigenvalue weighted by Gasteiger charge is 2.20. The zero-order valence-corrected chi connectivity index (χ0v) is 21.7. The van der Waals surface area contributed by atoms with Crippen LogP contribution in [0.1, 0.15) is 18.1 Å². The van der Waals surface area contributed by atoms with Crippen molar-refractivity contribution in [3.8, 4) is 5.75 Å². The summed E-state index contributed by atoms with van der Waals surface area (Å²) in [5.74, 6) is 1.88. The van der Waals surface area contributed by atoms with Gasteiger partial charge in [-0.1, -0.05) is 30.3 Å². The minimum Gasteiger partial charge on any atom is -0.497 e. The van der Waals surface area contributed by atoms with Gasteiger partial charge in [-0.3, -0.25) is 0 Å². The summed E-state index contributed by atoms with van der Waals surface area (Å²) in [7, 11) is 1.71. The first kappa shape index (κ1) is 24.9. The van der Waals surface area contributed by atoms with Gasteiger partial charge in [0.05, 0.1) is 20.0 Å². The van der Waals surface area contributed by atoms with Crippen molar-refractivity contribution in [2.75, 3.05) is 44.7 Å². The van der Waals surface area contributed by atoms with Gasteiger partial charge in [0.1, 0.15) is 5.75 Å². The highest BCUT2D eigenvalue weighted by Crippen LogP contribution is 2.22. The Labute approximate surface area is 213 Å². The molecule has 0 saturated carbocycles. The number of aromatic nitrogens is 2. The first-order valence-corrected chi connectivity index (χ1v) is 11.2. The molecule has 33 heavy (non-hydrogen) atoms. The second kappa shape index (κ2) is 12.5. The number of nitrogens with zero attached hydrogens (tertiary/aromatic N) is 5. The molecule has 2 aromatic carbocycles. The monoisotopic (exact) mass is 560 g/mol. The van der Waals surface area contributed by atoms with Crippen LogP contribution >= 0.6 is 24.0 Å². The van der Waals surface area contributed by atoms with Crippen molar-refractivity contribution in [2.45, 2.75) is 20.0 Å². The number of anilines is 1. The van der Waals surface area contributed by atoms with Gasteiger partial charge in [-0.2, -0.15) is 0 Å². The van der Waals surface area contributed by atoms with Crippen LogP contribution in [-0.2, 0) is 13.1 Å². The van der Waals surface area contributed by atoms with Crippen LogP contribution in [0.15, 0.2) is 72.2 Å². The number of benzene rings is 2. The van der Waals surface area contributed by atoms with E-state index in [1.165, 1.54) is 16.8 Å². The van der Waals surface area contributed by atoms with E-state index in [0.29, 0.717) is 6.54 Å². The zero-order valence-electron chi connectivity index (χ0n) is 19.4. The Morgan fingerprint density at radius 3 is 2.58 bits per heavy atom. The van der Waals surface area contributed by atoms with Crippen LogP contribution in [0.4, 0.5) is 5.69 Å². The normalized spacial score (nSPS) is 14.1. The first-order chi connectivity index (χ1) is 15.7. The van der Waals surface area contributed by atoms with Crippen molar-refractivity contribution in [1.82, 2.24) is 19.8 Å². The van der Waals surface area contributed by atoms with Crippen molar-refractivity contribution < 1.29 is 4.74 Å². The third-order valence-corrected chi connectivity index (χ3v) is 5.66. The molecular formula is C25H33IN6O. The SMILES string of the molecule is CCNC(=NCc1cccc(Cn2ccnc2)c1)N1CCN(c2cccc(OC)c2)CC1.I. The molecule has 0 bridgehead atoms. The summed E-state index contributed by atoms with van der Waals surface area (Å²) in [6.07, 6.45) is 5.64. The molecule has 0 amide bonds. The first-order valence-electron chi connectivity index (χ1n) is 11.2. The molecule has 8 heteroatoms. The quantitative estimate of drug-likeness (QED) is 0.271. The van der Waals surface area contributed by atoms with E-state index in [1.807, 2.05) is 30.9 Å². The second-order valence-corrected chi connectivity index (χ2v) is 7.90. The van der Waals surface area contributed by atoms with Crippen molar-refractivity contribution in [3.63, 3.8) is 0 Å². The Morgan fingerprint density at radius 2 is 1.85 bits per heavy atom. The van der Waals surface area contributed by atoms with Gasteiger partial charge in [-0.05, 0) is 30.2 Å². The van der Waals surface area contributed by atoms with Crippen LogP contribution in [0.5, 0.6) is 5.75 Å². The fourth-order valence-corrected chi connectivity index (χ4v) is 3.99. The molecule has 176 valence electrons. The van der Waals surface area contributed by atoms with Gasteiger partial charge in [0.2, 0.25) is 0 Å². The number of aliphatic imine (C=N–C) groups is 1. The van der Waals surface area contributed by atoms with Gasteiger partial charge in [-0.25, -0.2) is 9.98 Å². The highest BCUT2D eigenvalue weighted by atomic mass is 127. The predicted molar refractivity (Wildman–Crippen MR) is 145 cm³/mol. The predicted octanol–water partition coefficient (Wildman–Crippen LogP) is 3.85. The summed E-state index contributed by atoms with van der Waals surface area (Å²) in [4.78, 5) is 13.8. The minimum atomic E-state index is 0. The van der Waals surface area contributed by atoms with E-state index in [2.05, 4.69) is 68.0 Å². The lowest BCUT2D eigenvalue weighted by molar-refractivity contribution is 0.372. The molecule has 1 fully saturated rings. The largest absolute Gasteiger partial charge is 0.497 e. The van der Waals surface area contributed by atoms with E-state index < -0.39 is 0 Å². The van der Waals surface area contributed by atoms with Gasteiger partial charge in [0, 0.05) is 63.4 Å². The second-order valence-electron chi connectivity index (χ2n) is 7.90. The average molecular weight is 560 g/mol. The fraction of sp³-hybridized carbons (Fsp3) is 0.360. The number of nitrogens with one attached hydrogen (secondary N) is 1. The van der Waals surface area contributed by atoms with E-state index >= 15 is 0 Å². The molecule has 1 N–H and O–H groups in total. The van der Waals surface area contributed by atoms with Crippen molar-refractivity contribution >= 4 is 35.6 Å². The van der Waals surface area contributed by atoms with E-state index in [9.17, 15) is 0 Å². The van der Waals surface area contributed by atoms with E-state index in [4.69, 9.17) is 9.73 Å². The van der Waals surface area contributed by atoms with Crippen LogP contribution < -0.4 is 15.0 Å². The Kier molecular flexibility index (Phi) is 9.41. The lowest BCUT2D eigenvalue weighted by Crippen LogP contribution is -2.52. The molecule has 0 aliphatic carbocycles. The van der Waals surface area contributed by atoms with Gasteiger partial charge in [0.25, 0.3) is 0 Å². The number of rotatable bonds is 7. The maximum atomic E-state index is 5.38. The maximum Gasteiger partial charge on any atom is 0.194 e. The molecule has 0 unspecified atom stereocenters. The summed E-state index contributed by atoms with van der Waals surface area (Å²) in [5.41, 5.74) is 3.68. The summed E-state index contributed by atoms with van der Waals surface area (Å²) in [6.45, 7) is 8.24. The molecule has 7 nitrogen and oxygen atoms in total. The van der Waals surface area contributed by atoms with Gasteiger partial charge in [0.15, 0.2) is 5.96 Å². The van der Waals surface area contributed by atoms with E-state index in [1.54, 1.807) is 7.11 Å². The Bertz CT molecular complexity index is 1020. The van der Waals surface area contributed by atoms with E-state index in [0.717, 1.165) is 51.0 Å². The molecule has 0 spiro atoms. The molecule has 0 atom stereocenters. The molecule has 2 heterocycles. The number of guanidine groups is 1. The molecule has 0 radical (unpaired) electrons. The zero-order chi connectivity index (χ0) is 22.2. The van der Waals surface area contributed by atoms with Crippen molar-refractivity contribution in [3.05, 3.63) is 78.4 Å². The number of imidazole rings is 1. The number of halogens is 1. The van der Waals surface area contributed by atoms with Crippen molar-refractivity contribution in [1.29, 1.82) is 0 Å². The number of methoxy groups -OCH3 is 1. The van der Waals surface area contributed by atoms with Gasteiger partial charge >= 0.3 is 0 Å². The smallest absolute Gasteiger partial charge is 0.194 e. The molecule has 1 aromatic heterocycles. The van der Waals surface area contributed by atoms with Crippen LogP contribution in [0.3, 0.4) is 0 Å². The maximum absolute atomic E-state index is 5.38. The summed E-state index contributed by atoms with van der Waals surface area (Å²) < 4.78 is 7.46. The Balaban J connectivity index is 0.00000306. The van der Waals surface area contributed by atoms with Gasteiger partial charge < -0.3 is 24.4 Å². The number of hydrogen-bond donors (Lipinski definition) is 1. The van der Waals surface area contributed by atoms with Gasteiger partial charge in [-0.15, -0.1) is 24.0 Å². The highest BCUT2D eigenvalue weighted by molar-refractivity contribution is 14.0. The number of piperazine rings is 1. The molecule has 1 saturated heterocycles. The van der Waals surface area contributed by atoms with E-state index in [-0.39, 0.29) is 24.0 Å². The topological polar surface area (TPSA) is 57.9 Å². The minimum absolute atomic E-state index is 0. The fourth-order valence-electron chi connectivity index (χ4n) is 3.99. The average Bonchev–Trinajstić information content (AvgIpc) is 3.35. The summed E-state index contributed by atoms with van der Waals surface area (Å²) in [6, 6.07) is 16.9. The molecular weight excluding hydrogens is 527 g/mol. The van der Waals surface area contributed by atoms with Crippen LogP contribution in [0, 0.1) is 0 Å². The number of hydrogen-bond acceptors (Lipinski definition) is 4. The Morgan fingerprint density at radius 1 is 1.06 bits per heavy atom. The van der Waals surface area contributed by atoms with Crippen molar-refractivity contribution in [2.24, 2.45) is 4.99 Å². The summed E-state index contributed by atoms with van der Waals surface area (Å²) in [5, 5.41) is 3.47. The van der Waals surface area contributed by atoms with Crippen LogP contribution in [0.2, 0.25) is 0 Å². The lowest BCUT2D eigenvalue weighted by atomic mass is 10.1. The summed E-state index contributed by atoms with van der Waals surface area (Å²) >= 11 is 0. The number of ether oxygens (including phenoxy) is 1. The van der Waals surface area contributed by atoms with Crippen LogP contribution in [-0.4, -0.2) is 60.2 Å². The standard InChI is InChI=1S/C25H32N6O.HI/c1-3-27-25(28-18-21-6-4-7-22(16-21)19-29-11-10-26-20-29)31-14-12-30(13-15-31)23-8-5-9-24(17-23)32-2;/h4-11,16-17,20H,3,12-15,18-19H2,1-2H3,(H,27,28);1H. The molecule has 1 aliphatic heterocycles. The third-order valence-electron chi connectivity index (χ3n) is 5.66. The van der Waals surface area contributed by atoms with Crippen LogP contribution in [0.25, 0.3) is 0 Å². The Hall–Kier alpha value is -2.75. The molecule has 1 aliphatic rings. The molecule has 4 rings (SSSR count). The third kappa shape index (κ3) is 6.86.